The first kappa shape index (κ1) is 23.6. The third-order valence-corrected chi connectivity index (χ3v) is 5.16. The van der Waals surface area contributed by atoms with E-state index in [1.165, 1.54) is 6.08 Å². The lowest BCUT2D eigenvalue weighted by Gasteiger charge is -2.10. The Morgan fingerprint density at radius 1 is 1.00 bits per heavy atom. The van der Waals surface area contributed by atoms with Crippen molar-refractivity contribution in [1.82, 2.24) is 0 Å². The lowest BCUT2D eigenvalue weighted by atomic mass is 10.1. The number of carbonyl (C=O) groups excluding carboxylic acids is 2. The smallest absolute Gasteiger partial charge is 0.266 e. The maximum atomic E-state index is 12.5. The normalized spacial score (nSPS) is 10.8. The van der Waals surface area contributed by atoms with Gasteiger partial charge in [0.15, 0.2) is 6.61 Å². The van der Waals surface area contributed by atoms with Gasteiger partial charge in [0.2, 0.25) is 0 Å². The molecule has 0 aromatic heterocycles. The lowest BCUT2D eigenvalue weighted by molar-refractivity contribution is -0.118. The maximum Gasteiger partial charge on any atom is 0.266 e. The van der Waals surface area contributed by atoms with Gasteiger partial charge < -0.3 is 15.4 Å². The van der Waals surface area contributed by atoms with E-state index in [0.29, 0.717) is 27.7 Å². The van der Waals surface area contributed by atoms with Crippen LogP contribution in [0.4, 0.5) is 11.4 Å². The van der Waals surface area contributed by atoms with E-state index in [1.54, 1.807) is 54.6 Å². The van der Waals surface area contributed by atoms with Crippen molar-refractivity contribution in [2.45, 2.75) is 13.8 Å². The number of amides is 2. The maximum absolute atomic E-state index is 12.5. The summed E-state index contributed by atoms with van der Waals surface area (Å²) in [5, 5.41) is 15.5. The molecule has 2 N–H and O–H groups in total. The van der Waals surface area contributed by atoms with Gasteiger partial charge in [-0.2, -0.15) is 5.26 Å². The minimum absolute atomic E-state index is 0.0214. The Morgan fingerprint density at radius 3 is 2.36 bits per heavy atom. The van der Waals surface area contributed by atoms with Crippen LogP contribution < -0.4 is 15.4 Å². The van der Waals surface area contributed by atoms with Crippen molar-refractivity contribution in [3.05, 3.63) is 94.0 Å². The van der Waals surface area contributed by atoms with Crippen LogP contribution in [0.1, 0.15) is 16.7 Å². The van der Waals surface area contributed by atoms with Gasteiger partial charge in [-0.3, -0.25) is 9.59 Å². The Labute approximate surface area is 197 Å². The SMILES string of the molecule is Cc1cccc(NC(=O)/C(C#N)=C/c2ccc(OCC(=O)Nc3ccc(Cl)cc3)cc2)c1C. The molecule has 0 radical (unpaired) electrons. The molecule has 0 bridgehead atoms. The molecule has 3 rings (SSSR count). The molecule has 7 heteroatoms. The summed E-state index contributed by atoms with van der Waals surface area (Å²) < 4.78 is 5.50. The fraction of sp³-hybridized carbons (Fsp3) is 0.115. The van der Waals surface area contributed by atoms with Crippen molar-refractivity contribution < 1.29 is 14.3 Å². The highest BCUT2D eigenvalue weighted by Gasteiger charge is 2.12. The van der Waals surface area contributed by atoms with Crippen molar-refractivity contribution in [1.29, 1.82) is 5.26 Å². The standard InChI is InChI=1S/C26H22ClN3O3/c1-17-4-3-5-24(18(17)2)30-26(32)20(15-28)14-19-6-12-23(13-7-19)33-16-25(31)29-22-10-8-21(27)9-11-22/h3-14H,16H2,1-2H3,(H,29,31)(H,30,32)/b20-14+. The quantitative estimate of drug-likeness (QED) is 0.359. The molecule has 6 nitrogen and oxygen atoms in total. The van der Waals surface area contributed by atoms with E-state index in [1.807, 2.05) is 32.0 Å². The summed E-state index contributed by atoms with van der Waals surface area (Å²) in [6, 6.07) is 21.0. The van der Waals surface area contributed by atoms with E-state index in [9.17, 15) is 14.9 Å². The molecule has 0 spiro atoms. The zero-order valence-corrected chi connectivity index (χ0v) is 18.9. The van der Waals surface area contributed by atoms with E-state index in [4.69, 9.17) is 16.3 Å². The molecule has 0 saturated heterocycles. The number of benzene rings is 3. The Bertz CT molecular complexity index is 1230. The monoisotopic (exact) mass is 459 g/mol. The number of nitrogens with one attached hydrogen (secondary N) is 2. The number of carbonyl (C=O) groups is 2. The van der Waals surface area contributed by atoms with Crippen LogP contribution >= 0.6 is 11.6 Å². The zero-order chi connectivity index (χ0) is 23.8. The molecule has 0 saturated carbocycles. The highest BCUT2D eigenvalue weighted by Crippen LogP contribution is 2.20. The molecule has 3 aromatic rings. The van der Waals surface area contributed by atoms with E-state index in [2.05, 4.69) is 10.6 Å². The summed E-state index contributed by atoms with van der Waals surface area (Å²) in [4.78, 5) is 24.6. The van der Waals surface area contributed by atoms with Gasteiger partial charge in [0.25, 0.3) is 11.8 Å². The van der Waals surface area contributed by atoms with E-state index in [0.717, 1.165) is 11.1 Å². The first-order valence-electron chi connectivity index (χ1n) is 10.1. The van der Waals surface area contributed by atoms with Crippen LogP contribution in [0.2, 0.25) is 5.02 Å². The van der Waals surface area contributed by atoms with E-state index >= 15 is 0 Å². The Kier molecular flexibility index (Phi) is 7.85. The molecule has 3 aromatic carbocycles. The first-order valence-corrected chi connectivity index (χ1v) is 10.5. The number of hydrogen-bond donors (Lipinski definition) is 2. The van der Waals surface area contributed by atoms with Crippen LogP contribution in [-0.4, -0.2) is 18.4 Å². The number of anilines is 2. The van der Waals surface area contributed by atoms with Gasteiger partial charge in [-0.25, -0.2) is 0 Å². The van der Waals surface area contributed by atoms with Crippen LogP contribution in [0.5, 0.6) is 5.75 Å². The fourth-order valence-electron chi connectivity index (χ4n) is 2.93. The molecule has 33 heavy (non-hydrogen) atoms. The highest BCUT2D eigenvalue weighted by molar-refractivity contribution is 6.30. The van der Waals surface area contributed by atoms with Gasteiger partial charge in [-0.05, 0) is 79.1 Å². The second-order valence-electron chi connectivity index (χ2n) is 7.28. The van der Waals surface area contributed by atoms with Crippen molar-refractivity contribution in [3.8, 4) is 11.8 Å². The van der Waals surface area contributed by atoms with Gasteiger partial charge in [0, 0.05) is 16.4 Å². The molecular formula is C26H22ClN3O3. The van der Waals surface area contributed by atoms with Gasteiger partial charge >= 0.3 is 0 Å². The highest BCUT2D eigenvalue weighted by atomic mass is 35.5. The average Bonchev–Trinajstić information content (AvgIpc) is 2.81. The van der Waals surface area contributed by atoms with Crippen molar-refractivity contribution in [2.75, 3.05) is 17.2 Å². The van der Waals surface area contributed by atoms with Gasteiger partial charge in [-0.1, -0.05) is 35.9 Å². The minimum Gasteiger partial charge on any atom is -0.484 e. The molecule has 0 aliphatic carbocycles. The number of rotatable bonds is 7. The van der Waals surface area contributed by atoms with E-state index < -0.39 is 5.91 Å². The molecule has 0 fully saturated rings. The molecule has 166 valence electrons. The lowest BCUT2D eigenvalue weighted by Crippen LogP contribution is -2.20. The number of ether oxygens (including phenoxy) is 1. The van der Waals surface area contributed by atoms with Gasteiger partial charge in [-0.15, -0.1) is 0 Å². The average molecular weight is 460 g/mol. The Hall–Kier alpha value is -4.08. The van der Waals surface area contributed by atoms with Crippen LogP contribution in [0, 0.1) is 25.2 Å². The Morgan fingerprint density at radius 2 is 1.70 bits per heavy atom. The van der Waals surface area contributed by atoms with Gasteiger partial charge in [0.1, 0.15) is 17.4 Å². The van der Waals surface area contributed by atoms with Crippen LogP contribution in [0.25, 0.3) is 6.08 Å². The molecule has 0 heterocycles. The van der Waals surface area contributed by atoms with E-state index in [-0.39, 0.29) is 18.1 Å². The third-order valence-electron chi connectivity index (χ3n) is 4.91. The fourth-order valence-corrected chi connectivity index (χ4v) is 3.06. The number of aryl methyl sites for hydroxylation is 1. The molecule has 0 aliphatic rings. The summed E-state index contributed by atoms with van der Waals surface area (Å²) in [7, 11) is 0. The van der Waals surface area contributed by atoms with Crippen LogP contribution in [-0.2, 0) is 9.59 Å². The summed E-state index contributed by atoms with van der Waals surface area (Å²) >= 11 is 5.83. The molecule has 0 aliphatic heterocycles. The predicted molar refractivity (Wildman–Crippen MR) is 130 cm³/mol. The second kappa shape index (κ2) is 11.0. The predicted octanol–water partition coefficient (Wildman–Crippen LogP) is 5.52. The van der Waals surface area contributed by atoms with Crippen LogP contribution in [0.3, 0.4) is 0 Å². The molecule has 0 atom stereocenters. The second-order valence-corrected chi connectivity index (χ2v) is 7.72. The van der Waals surface area contributed by atoms with Crippen molar-refractivity contribution in [3.63, 3.8) is 0 Å². The number of nitrogens with zero attached hydrogens (tertiary/aromatic N) is 1. The number of nitriles is 1. The summed E-state index contributed by atoms with van der Waals surface area (Å²) in [5.41, 5.74) is 3.92. The zero-order valence-electron chi connectivity index (χ0n) is 18.2. The number of hydrogen-bond acceptors (Lipinski definition) is 4. The van der Waals surface area contributed by atoms with Gasteiger partial charge in [0.05, 0.1) is 0 Å². The molecule has 0 unspecified atom stereocenters. The topological polar surface area (TPSA) is 91.2 Å². The Balaban J connectivity index is 1.59. The van der Waals surface area contributed by atoms with Crippen molar-refractivity contribution >= 4 is 40.9 Å². The minimum atomic E-state index is -0.481. The summed E-state index contributed by atoms with van der Waals surface area (Å²) in [5.74, 6) is -0.307. The molecule has 2 amide bonds. The summed E-state index contributed by atoms with van der Waals surface area (Å²) in [6.07, 6.45) is 1.50. The van der Waals surface area contributed by atoms with Crippen LogP contribution in [0.15, 0.2) is 72.3 Å². The largest absolute Gasteiger partial charge is 0.484 e. The van der Waals surface area contributed by atoms with Crippen molar-refractivity contribution in [2.24, 2.45) is 0 Å². The summed E-state index contributed by atoms with van der Waals surface area (Å²) in [6.45, 7) is 3.70. The third kappa shape index (κ3) is 6.70. The number of halogens is 1. The first-order chi connectivity index (χ1) is 15.9. The molecular weight excluding hydrogens is 438 g/mol.